The molecule has 0 aromatic carbocycles. The van der Waals surface area contributed by atoms with Crippen molar-refractivity contribution in [2.45, 2.75) is 24.5 Å². The lowest BCUT2D eigenvalue weighted by molar-refractivity contribution is 0.414. The minimum absolute atomic E-state index is 0.555. The third-order valence-electron chi connectivity index (χ3n) is 3.24. The predicted molar refractivity (Wildman–Crippen MR) is 70.8 cm³/mol. The molecule has 0 amide bonds. The van der Waals surface area contributed by atoms with Gasteiger partial charge in [0.05, 0.1) is 24.1 Å². The van der Waals surface area contributed by atoms with Gasteiger partial charge in [0.1, 0.15) is 11.6 Å². The molecule has 3 nitrogen and oxygen atoms in total. The molecule has 1 atom stereocenters. The standard InChI is InChI=1S/C13H16N2OS/c1-16-11-5-6-15-10(8-11)9-14-13(15)12-4-2-3-7-17-12/h5-6,8-9,12H,2-4,7H2,1H3. The Morgan fingerprint density at radius 3 is 3.18 bits per heavy atom. The van der Waals surface area contributed by atoms with Crippen LogP contribution in [0.1, 0.15) is 30.3 Å². The second-order valence-electron chi connectivity index (χ2n) is 4.33. The van der Waals surface area contributed by atoms with E-state index in [0.717, 1.165) is 11.3 Å². The molecule has 0 saturated carbocycles. The summed E-state index contributed by atoms with van der Waals surface area (Å²) in [6.07, 6.45) is 7.91. The van der Waals surface area contributed by atoms with Gasteiger partial charge in [0.25, 0.3) is 0 Å². The summed E-state index contributed by atoms with van der Waals surface area (Å²) in [5.41, 5.74) is 1.12. The van der Waals surface area contributed by atoms with Gasteiger partial charge in [0.15, 0.2) is 0 Å². The fraction of sp³-hybridized carbons (Fsp3) is 0.462. The molecule has 4 heteroatoms. The first-order chi connectivity index (χ1) is 8.38. The van der Waals surface area contributed by atoms with E-state index in [1.807, 2.05) is 30.1 Å². The molecular weight excluding hydrogens is 232 g/mol. The molecule has 2 aromatic rings. The maximum Gasteiger partial charge on any atom is 0.126 e. The second kappa shape index (κ2) is 4.61. The quantitative estimate of drug-likeness (QED) is 0.815. The van der Waals surface area contributed by atoms with E-state index in [2.05, 4.69) is 15.6 Å². The van der Waals surface area contributed by atoms with Crippen LogP contribution in [0.15, 0.2) is 24.5 Å². The van der Waals surface area contributed by atoms with Crippen molar-refractivity contribution in [2.24, 2.45) is 0 Å². The first-order valence-corrected chi connectivity index (χ1v) is 7.06. The van der Waals surface area contributed by atoms with E-state index in [1.165, 1.54) is 30.8 Å². The van der Waals surface area contributed by atoms with Gasteiger partial charge >= 0.3 is 0 Å². The third kappa shape index (κ3) is 2.02. The number of imidazole rings is 1. The number of hydrogen-bond acceptors (Lipinski definition) is 3. The van der Waals surface area contributed by atoms with Crippen molar-refractivity contribution in [1.29, 1.82) is 0 Å². The van der Waals surface area contributed by atoms with E-state index in [1.54, 1.807) is 7.11 Å². The van der Waals surface area contributed by atoms with Gasteiger partial charge in [0, 0.05) is 12.3 Å². The van der Waals surface area contributed by atoms with Crippen molar-refractivity contribution in [3.63, 3.8) is 0 Å². The normalized spacial score (nSPS) is 20.6. The summed E-state index contributed by atoms with van der Waals surface area (Å²) in [6, 6.07) is 4.02. The van der Waals surface area contributed by atoms with Gasteiger partial charge in [-0.05, 0) is 24.7 Å². The Hall–Kier alpha value is -1.16. The highest BCUT2D eigenvalue weighted by molar-refractivity contribution is 7.99. The van der Waals surface area contributed by atoms with Crippen LogP contribution in [0.2, 0.25) is 0 Å². The molecule has 3 rings (SSSR count). The van der Waals surface area contributed by atoms with E-state index in [0.29, 0.717) is 5.25 Å². The van der Waals surface area contributed by atoms with Crippen molar-refractivity contribution in [2.75, 3.05) is 12.9 Å². The fourth-order valence-corrected chi connectivity index (χ4v) is 3.62. The van der Waals surface area contributed by atoms with Gasteiger partial charge < -0.3 is 9.14 Å². The van der Waals surface area contributed by atoms with Crippen molar-refractivity contribution >= 4 is 17.3 Å². The minimum atomic E-state index is 0.555. The van der Waals surface area contributed by atoms with Gasteiger partial charge in [-0.25, -0.2) is 4.98 Å². The Kier molecular flexibility index (Phi) is 2.97. The molecule has 1 unspecified atom stereocenters. The third-order valence-corrected chi connectivity index (χ3v) is 4.61. The maximum absolute atomic E-state index is 5.23. The number of thioether (sulfide) groups is 1. The summed E-state index contributed by atoms with van der Waals surface area (Å²) in [5.74, 6) is 3.34. The molecule has 0 spiro atoms. The van der Waals surface area contributed by atoms with Gasteiger partial charge in [-0.1, -0.05) is 6.42 Å². The molecule has 1 saturated heterocycles. The number of aromatic nitrogens is 2. The number of hydrogen-bond donors (Lipinski definition) is 0. The van der Waals surface area contributed by atoms with Crippen molar-refractivity contribution in [3.8, 4) is 5.75 Å². The molecule has 0 N–H and O–H groups in total. The van der Waals surface area contributed by atoms with Crippen LogP contribution in [-0.2, 0) is 0 Å². The zero-order valence-corrected chi connectivity index (χ0v) is 10.7. The van der Waals surface area contributed by atoms with Crippen LogP contribution in [0.3, 0.4) is 0 Å². The lowest BCUT2D eigenvalue weighted by atomic mass is 10.2. The van der Waals surface area contributed by atoms with Crippen LogP contribution in [0.4, 0.5) is 0 Å². The summed E-state index contributed by atoms with van der Waals surface area (Å²) < 4.78 is 7.42. The Bertz CT molecular complexity index is 517. The Morgan fingerprint density at radius 2 is 2.41 bits per heavy atom. The van der Waals surface area contributed by atoms with Crippen LogP contribution < -0.4 is 4.74 Å². The monoisotopic (exact) mass is 248 g/mol. The number of fused-ring (bicyclic) bond motifs is 1. The fourth-order valence-electron chi connectivity index (χ4n) is 2.31. The van der Waals surface area contributed by atoms with Crippen LogP contribution in [0.5, 0.6) is 5.75 Å². The lowest BCUT2D eigenvalue weighted by Gasteiger charge is -2.20. The molecule has 1 aliphatic heterocycles. The zero-order chi connectivity index (χ0) is 11.7. The molecule has 90 valence electrons. The van der Waals surface area contributed by atoms with Crippen molar-refractivity contribution < 1.29 is 4.74 Å². The van der Waals surface area contributed by atoms with Gasteiger partial charge in [-0.2, -0.15) is 11.8 Å². The molecular formula is C13H16N2OS. The summed E-state index contributed by atoms with van der Waals surface area (Å²) in [6.45, 7) is 0. The molecule has 3 heterocycles. The minimum Gasteiger partial charge on any atom is -0.497 e. The zero-order valence-electron chi connectivity index (χ0n) is 9.93. The van der Waals surface area contributed by atoms with E-state index >= 15 is 0 Å². The van der Waals surface area contributed by atoms with Gasteiger partial charge in [-0.15, -0.1) is 0 Å². The van der Waals surface area contributed by atoms with Crippen LogP contribution >= 0.6 is 11.8 Å². The maximum atomic E-state index is 5.23. The number of ether oxygens (including phenoxy) is 1. The molecule has 0 aliphatic carbocycles. The smallest absolute Gasteiger partial charge is 0.126 e. The molecule has 17 heavy (non-hydrogen) atoms. The van der Waals surface area contributed by atoms with E-state index in [4.69, 9.17) is 4.74 Å². The topological polar surface area (TPSA) is 26.5 Å². The second-order valence-corrected chi connectivity index (χ2v) is 5.64. The van der Waals surface area contributed by atoms with Crippen LogP contribution in [0, 0.1) is 0 Å². The molecule has 0 radical (unpaired) electrons. The Labute approximate surface area is 105 Å². The SMILES string of the molecule is COc1ccn2c(C3CCCCS3)ncc2c1. The summed E-state index contributed by atoms with van der Waals surface area (Å²) >= 11 is 2.03. The first-order valence-electron chi connectivity index (χ1n) is 6.01. The Balaban J connectivity index is 1.99. The van der Waals surface area contributed by atoms with Gasteiger partial charge in [0.2, 0.25) is 0 Å². The van der Waals surface area contributed by atoms with E-state index < -0.39 is 0 Å². The largest absolute Gasteiger partial charge is 0.497 e. The average Bonchev–Trinajstić information content (AvgIpc) is 2.82. The molecule has 0 bridgehead atoms. The predicted octanol–water partition coefficient (Wildman–Crippen LogP) is 3.30. The van der Waals surface area contributed by atoms with Crippen molar-refractivity contribution in [3.05, 3.63) is 30.4 Å². The number of nitrogens with zero attached hydrogens (tertiary/aromatic N) is 2. The number of rotatable bonds is 2. The number of methoxy groups -OCH3 is 1. The summed E-state index contributed by atoms with van der Waals surface area (Å²) in [7, 11) is 1.69. The van der Waals surface area contributed by atoms with Crippen LogP contribution in [0.25, 0.3) is 5.52 Å². The molecule has 1 aliphatic rings. The molecule has 1 fully saturated rings. The summed E-state index contributed by atoms with van der Waals surface area (Å²) in [4.78, 5) is 4.58. The highest BCUT2D eigenvalue weighted by Gasteiger charge is 2.20. The highest BCUT2D eigenvalue weighted by Crippen LogP contribution is 2.37. The molecule has 2 aromatic heterocycles. The lowest BCUT2D eigenvalue weighted by Crippen LogP contribution is -2.06. The highest BCUT2D eigenvalue weighted by atomic mass is 32.2. The van der Waals surface area contributed by atoms with E-state index in [-0.39, 0.29) is 0 Å². The van der Waals surface area contributed by atoms with E-state index in [9.17, 15) is 0 Å². The first kappa shape index (κ1) is 11.0. The van der Waals surface area contributed by atoms with Crippen molar-refractivity contribution in [1.82, 2.24) is 9.38 Å². The average molecular weight is 248 g/mol. The van der Waals surface area contributed by atoms with Gasteiger partial charge in [-0.3, -0.25) is 0 Å². The van der Waals surface area contributed by atoms with Crippen LogP contribution in [-0.4, -0.2) is 22.2 Å². The Morgan fingerprint density at radius 1 is 1.47 bits per heavy atom. The summed E-state index contributed by atoms with van der Waals surface area (Å²) in [5, 5.41) is 0.555. The number of pyridine rings is 1.